The van der Waals surface area contributed by atoms with Crippen molar-refractivity contribution in [3.63, 3.8) is 0 Å². The molecule has 0 unspecified atom stereocenters. The first kappa shape index (κ1) is 28.6. The van der Waals surface area contributed by atoms with E-state index in [0.29, 0.717) is 0 Å². The Morgan fingerprint density at radius 1 is 0.452 bits per heavy atom. The third kappa shape index (κ3) is 5.05. The van der Waals surface area contributed by atoms with Crippen molar-refractivity contribution in [2.75, 3.05) is 0 Å². The third-order valence-corrected chi connectivity index (χ3v) is 12.9. The molecule has 0 aliphatic carbocycles. The summed E-state index contributed by atoms with van der Waals surface area (Å²) in [6.07, 6.45) is 0. The normalized spacial score (nSPS) is 12.9. The first-order valence-corrected chi connectivity index (χ1v) is 22.4. The van der Waals surface area contributed by atoms with Gasteiger partial charge < -0.3 is 0 Å². The van der Waals surface area contributed by atoms with Crippen molar-refractivity contribution < 1.29 is 0 Å². The van der Waals surface area contributed by atoms with Crippen molar-refractivity contribution >= 4 is 58.8 Å². The van der Waals surface area contributed by atoms with E-state index in [0.717, 1.165) is 0 Å². The predicted molar refractivity (Wildman–Crippen MR) is 194 cm³/mol. The van der Waals surface area contributed by atoms with Crippen LogP contribution in [0.2, 0.25) is 39.3 Å². The van der Waals surface area contributed by atoms with E-state index in [1.54, 1.807) is 10.4 Å². The highest BCUT2D eigenvalue weighted by molar-refractivity contribution is 6.91. The fourth-order valence-electron chi connectivity index (χ4n) is 6.56. The van der Waals surface area contributed by atoms with Crippen LogP contribution in [0, 0.1) is 0 Å². The van der Waals surface area contributed by atoms with Gasteiger partial charge in [0.25, 0.3) is 0 Å². The lowest BCUT2D eigenvalue weighted by Crippen LogP contribution is -2.45. The highest BCUT2D eigenvalue weighted by Gasteiger charge is 2.26. The van der Waals surface area contributed by atoms with Crippen LogP contribution in [-0.4, -0.2) is 16.1 Å². The molecule has 0 fully saturated rings. The second kappa shape index (κ2) is 10.1. The molecule has 6 aromatic rings. The van der Waals surface area contributed by atoms with Crippen molar-refractivity contribution in [3.05, 3.63) is 109 Å². The average Bonchev–Trinajstić information content (AvgIpc) is 2.93. The zero-order valence-corrected chi connectivity index (χ0v) is 28.8. The van der Waals surface area contributed by atoms with E-state index in [1.807, 2.05) is 0 Å². The maximum Gasteiger partial charge on any atom is 0.0776 e. The van der Waals surface area contributed by atoms with Crippen LogP contribution in [0.15, 0.2) is 103 Å². The van der Waals surface area contributed by atoms with Gasteiger partial charge in [0.2, 0.25) is 0 Å². The lowest BCUT2D eigenvalue weighted by Gasteiger charge is -2.27. The maximum atomic E-state index is 2.54. The maximum absolute atomic E-state index is 2.54. The first-order valence-electron chi connectivity index (χ1n) is 15.4. The van der Waals surface area contributed by atoms with E-state index in [2.05, 4.69) is 163 Å². The van der Waals surface area contributed by atoms with Gasteiger partial charge >= 0.3 is 0 Å². The van der Waals surface area contributed by atoms with Crippen molar-refractivity contribution in [1.29, 1.82) is 0 Å². The van der Waals surface area contributed by atoms with E-state index in [-0.39, 0.29) is 5.41 Å². The fourth-order valence-corrected chi connectivity index (χ4v) is 9.06. The molecule has 0 aliphatic rings. The standard InChI is InChI=1S/C40H44Si2/c1-40(2,3)39-36-19-13-12-18-34(36)38(33-20-14-16-27-15-10-11-17-32(27)33)35-22-21-28(25-37(35)39)29-23-30(41(4,5)6)26-31(24-29)42(7,8)9/h10-26H,1-9H3. The zero-order chi connectivity index (χ0) is 30.0. The Morgan fingerprint density at radius 2 is 1.00 bits per heavy atom. The van der Waals surface area contributed by atoms with Gasteiger partial charge in [0, 0.05) is 0 Å². The van der Waals surface area contributed by atoms with Crippen molar-refractivity contribution in [1.82, 2.24) is 0 Å². The van der Waals surface area contributed by atoms with E-state index in [4.69, 9.17) is 0 Å². The molecule has 0 atom stereocenters. The Balaban J connectivity index is 1.75. The number of hydrogen-bond donors (Lipinski definition) is 0. The van der Waals surface area contributed by atoms with E-state index < -0.39 is 16.1 Å². The van der Waals surface area contributed by atoms with Crippen LogP contribution in [0.5, 0.6) is 0 Å². The quantitative estimate of drug-likeness (QED) is 0.144. The van der Waals surface area contributed by atoms with Crippen LogP contribution in [0.3, 0.4) is 0 Å². The van der Waals surface area contributed by atoms with Gasteiger partial charge in [-0.05, 0) is 71.6 Å². The van der Waals surface area contributed by atoms with Crippen LogP contribution >= 0.6 is 0 Å². The van der Waals surface area contributed by atoms with Crippen LogP contribution in [-0.2, 0) is 5.41 Å². The fraction of sp³-hybridized carbons (Fsp3) is 0.250. The monoisotopic (exact) mass is 580 g/mol. The minimum Gasteiger partial charge on any atom is -0.0656 e. The Labute approximate surface area is 254 Å². The minimum absolute atomic E-state index is 0.0165. The average molecular weight is 581 g/mol. The summed E-state index contributed by atoms with van der Waals surface area (Å²) in [5, 5.41) is 11.1. The zero-order valence-electron chi connectivity index (χ0n) is 26.8. The Bertz CT molecular complexity index is 1940. The van der Waals surface area contributed by atoms with Gasteiger partial charge in [0.1, 0.15) is 0 Å². The molecular weight excluding hydrogens is 537 g/mol. The third-order valence-electron chi connectivity index (χ3n) is 8.83. The molecule has 0 saturated carbocycles. The SMILES string of the molecule is CC(C)(C)c1c2ccccc2c(-c2cccc3ccccc23)c2ccc(-c3cc([Si](C)(C)C)cc([Si](C)(C)C)c3)cc12. The largest absolute Gasteiger partial charge is 0.0776 e. The summed E-state index contributed by atoms with van der Waals surface area (Å²) < 4.78 is 0. The van der Waals surface area contributed by atoms with E-state index in [1.165, 1.54) is 60.1 Å². The summed E-state index contributed by atoms with van der Waals surface area (Å²) in [5.74, 6) is 0. The lowest BCUT2D eigenvalue weighted by atomic mass is 9.77. The summed E-state index contributed by atoms with van der Waals surface area (Å²) in [6.45, 7) is 21.9. The molecule has 0 heterocycles. The summed E-state index contributed by atoms with van der Waals surface area (Å²) in [6, 6.07) is 39.5. The summed E-state index contributed by atoms with van der Waals surface area (Å²) in [5.41, 5.74) is 6.77. The van der Waals surface area contributed by atoms with E-state index >= 15 is 0 Å². The van der Waals surface area contributed by atoms with Gasteiger partial charge in [-0.15, -0.1) is 0 Å². The predicted octanol–water partition coefficient (Wildman–Crippen LogP) is 10.9. The smallest absolute Gasteiger partial charge is 0.0656 e. The summed E-state index contributed by atoms with van der Waals surface area (Å²) in [7, 11) is -2.99. The topological polar surface area (TPSA) is 0 Å². The van der Waals surface area contributed by atoms with Crippen LogP contribution < -0.4 is 10.4 Å². The summed E-state index contributed by atoms with van der Waals surface area (Å²) >= 11 is 0. The second-order valence-corrected chi connectivity index (χ2v) is 25.3. The molecule has 6 rings (SSSR count). The molecule has 0 spiro atoms. The second-order valence-electron chi connectivity index (χ2n) is 15.1. The Hall–Kier alpha value is -3.47. The lowest BCUT2D eigenvalue weighted by molar-refractivity contribution is 0.601. The number of rotatable bonds is 4. The molecule has 6 aromatic carbocycles. The van der Waals surface area contributed by atoms with Gasteiger partial charge in [-0.25, -0.2) is 0 Å². The minimum atomic E-state index is -1.50. The van der Waals surface area contributed by atoms with Gasteiger partial charge in [0.15, 0.2) is 0 Å². The van der Waals surface area contributed by atoms with Crippen LogP contribution in [0.4, 0.5) is 0 Å². The van der Waals surface area contributed by atoms with Gasteiger partial charge in [-0.2, -0.15) is 0 Å². The van der Waals surface area contributed by atoms with Gasteiger partial charge in [-0.3, -0.25) is 0 Å². The van der Waals surface area contributed by atoms with Crippen LogP contribution in [0.1, 0.15) is 26.3 Å². The van der Waals surface area contributed by atoms with Crippen molar-refractivity contribution in [3.8, 4) is 22.3 Å². The molecule has 0 nitrogen and oxygen atoms in total. The molecule has 0 N–H and O–H groups in total. The van der Waals surface area contributed by atoms with Gasteiger partial charge in [0.05, 0.1) is 16.1 Å². The first-order chi connectivity index (χ1) is 19.7. The Morgan fingerprint density at radius 3 is 1.62 bits per heavy atom. The molecule has 42 heavy (non-hydrogen) atoms. The Kier molecular flexibility index (Phi) is 6.87. The highest BCUT2D eigenvalue weighted by Crippen LogP contribution is 2.46. The molecule has 2 heteroatoms. The van der Waals surface area contributed by atoms with Crippen molar-refractivity contribution in [2.24, 2.45) is 0 Å². The van der Waals surface area contributed by atoms with Crippen molar-refractivity contribution in [2.45, 2.75) is 65.5 Å². The molecule has 0 aliphatic heterocycles. The molecule has 0 aromatic heterocycles. The molecular formula is C40H44Si2. The van der Waals surface area contributed by atoms with Crippen LogP contribution in [0.25, 0.3) is 54.6 Å². The molecule has 0 radical (unpaired) electrons. The molecule has 0 bridgehead atoms. The number of benzene rings is 6. The molecule has 0 saturated heterocycles. The molecule has 212 valence electrons. The van der Waals surface area contributed by atoms with E-state index in [9.17, 15) is 0 Å². The molecule has 0 amide bonds. The number of fused-ring (bicyclic) bond motifs is 3. The highest BCUT2D eigenvalue weighted by atomic mass is 28.3. The van der Waals surface area contributed by atoms with Gasteiger partial charge in [-0.1, -0.05) is 167 Å². The number of hydrogen-bond acceptors (Lipinski definition) is 0. The summed E-state index contributed by atoms with van der Waals surface area (Å²) in [4.78, 5) is 0.